The standard InChI is InChI=1S/C26H17Br2FN2O4S/c1-2-34-25(33)20-21(14-6-4-3-5-7-14)30-26-31(22(20)15-8-10-16(29)11-9-15)24(32)19(36-26)13-17-12-18(27)23(28)35-17/h3-13,22H,2H2,1H3/b19-13+/t22-/m0/s1. The summed E-state index contributed by atoms with van der Waals surface area (Å²) in [6.45, 7) is 1.86. The number of ether oxygens (including phenoxy) is 1. The Morgan fingerprint density at radius 1 is 1.19 bits per heavy atom. The Kier molecular flexibility index (Phi) is 6.92. The van der Waals surface area contributed by atoms with Crippen LogP contribution in [0, 0.1) is 5.82 Å². The number of carbonyl (C=O) groups excluding carboxylic acids is 1. The maximum absolute atomic E-state index is 13.8. The van der Waals surface area contributed by atoms with Crippen LogP contribution in [0.2, 0.25) is 0 Å². The van der Waals surface area contributed by atoms with Crippen LogP contribution in [0.1, 0.15) is 29.9 Å². The van der Waals surface area contributed by atoms with Gasteiger partial charge in [0.05, 0.1) is 32.9 Å². The predicted molar refractivity (Wildman–Crippen MR) is 142 cm³/mol. The molecule has 2 aromatic heterocycles. The summed E-state index contributed by atoms with van der Waals surface area (Å²) >= 11 is 7.85. The number of benzene rings is 2. The summed E-state index contributed by atoms with van der Waals surface area (Å²) in [6, 6.07) is 15.8. The molecule has 6 nitrogen and oxygen atoms in total. The van der Waals surface area contributed by atoms with Gasteiger partial charge in [0.2, 0.25) is 0 Å². The molecule has 0 N–H and O–H groups in total. The number of hydrogen-bond acceptors (Lipinski definition) is 6. The molecule has 0 saturated heterocycles. The third-order valence-electron chi connectivity index (χ3n) is 5.50. The maximum Gasteiger partial charge on any atom is 0.338 e. The largest absolute Gasteiger partial charge is 0.463 e. The molecule has 5 rings (SSSR count). The average molecular weight is 632 g/mol. The molecule has 1 aliphatic rings. The van der Waals surface area contributed by atoms with Gasteiger partial charge >= 0.3 is 5.97 Å². The van der Waals surface area contributed by atoms with Crippen LogP contribution in [0.4, 0.5) is 4.39 Å². The number of nitrogens with zero attached hydrogens (tertiary/aromatic N) is 2. The lowest BCUT2D eigenvalue weighted by molar-refractivity contribution is -0.138. The maximum atomic E-state index is 13.8. The first-order valence-electron chi connectivity index (χ1n) is 10.9. The van der Waals surface area contributed by atoms with Crippen LogP contribution in [0.5, 0.6) is 0 Å². The van der Waals surface area contributed by atoms with Crippen LogP contribution < -0.4 is 14.9 Å². The first-order chi connectivity index (χ1) is 17.4. The van der Waals surface area contributed by atoms with Crippen molar-refractivity contribution in [2.75, 3.05) is 6.61 Å². The van der Waals surface area contributed by atoms with Crippen LogP contribution in [-0.4, -0.2) is 17.1 Å². The quantitative estimate of drug-likeness (QED) is 0.284. The minimum atomic E-state index is -0.867. The van der Waals surface area contributed by atoms with E-state index in [1.54, 1.807) is 31.2 Å². The lowest BCUT2D eigenvalue weighted by Gasteiger charge is -2.25. The van der Waals surface area contributed by atoms with E-state index in [0.717, 1.165) is 0 Å². The van der Waals surface area contributed by atoms with Crippen molar-refractivity contribution in [1.82, 2.24) is 4.57 Å². The van der Waals surface area contributed by atoms with Crippen LogP contribution in [-0.2, 0) is 9.53 Å². The molecule has 3 heterocycles. The van der Waals surface area contributed by atoms with E-state index < -0.39 is 17.8 Å². The van der Waals surface area contributed by atoms with Gasteiger partial charge in [-0.25, -0.2) is 14.2 Å². The predicted octanol–water partition coefficient (Wildman–Crippen LogP) is 5.19. The van der Waals surface area contributed by atoms with E-state index in [9.17, 15) is 14.0 Å². The van der Waals surface area contributed by atoms with Gasteiger partial charge in [-0.2, -0.15) is 0 Å². The summed E-state index contributed by atoms with van der Waals surface area (Å²) in [7, 11) is 0. The van der Waals surface area contributed by atoms with E-state index >= 15 is 0 Å². The molecule has 0 unspecified atom stereocenters. The second-order valence-corrected chi connectivity index (χ2v) is 10.3. The van der Waals surface area contributed by atoms with Crippen molar-refractivity contribution < 1.29 is 18.3 Å². The summed E-state index contributed by atoms with van der Waals surface area (Å²) in [4.78, 5) is 32.2. The van der Waals surface area contributed by atoms with Crippen molar-refractivity contribution in [1.29, 1.82) is 0 Å². The van der Waals surface area contributed by atoms with E-state index in [2.05, 4.69) is 31.9 Å². The zero-order chi connectivity index (χ0) is 25.4. The van der Waals surface area contributed by atoms with Gasteiger partial charge in [0.15, 0.2) is 9.47 Å². The number of fused-ring (bicyclic) bond motifs is 1. The molecular weight excluding hydrogens is 615 g/mol. The summed E-state index contributed by atoms with van der Waals surface area (Å²) in [6.07, 6.45) is 1.62. The fraction of sp³-hybridized carbons (Fsp3) is 0.115. The Balaban J connectivity index is 1.83. The van der Waals surface area contributed by atoms with Crippen molar-refractivity contribution >= 4 is 60.9 Å². The van der Waals surface area contributed by atoms with Gasteiger partial charge in [-0.3, -0.25) is 9.36 Å². The van der Waals surface area contributed by atoms with E-state index in [1.807, 2.05) is 30.3 Å². The lowest BCUT2D eigenvalue weighted by Crippen LogP contribution is -2.40. The first-order valence-corrected chi connectivity index (χ1v) is 13.3. The molecule has 1 aliphatic heterocycles. The Hall–Kier alpha value is -3.08. The van der Waals surface area contributed by atoms with E-state index in [0.29, 0.717) is 41.1 Å². The number of carbonyl (C=O) groups is 1. The molecule has 1 atom stereocenters. The summed E-state index contributed by atoms with van der Waals surface area (Å²) in [5, 5.41) is 0. The Morgan fingerprint density at radius 2 is 1.92 bits per heavy atom. The van der Waals surface area contributed by atoms with E-state index in [1.165, 1.54) is 28.0 Å². The van der Waals surface area contributed by atoms with Crippen molar-refractivity contribution in [2.45, 2.75) is 13.0 Å². The molecule has 36 heavy (non-hydrogen) atoms. The van der Waals surface area contributed by atoms with Gasteiger partial charge < -0.3 is 9.15 Å². The van der Waals surface area contributed by atoms with Gasteiger partial charge in [0.1, 0.15) is 11.6 Å². The topological polar surface area (TPSA) is 73.8 Å². The Morgan fingerprint density at radius 3 is 2.56 bits per heavy atom. The molecule has 0 aliphatic carbocycles. The Labute approximate surface area is 225 Å². The summed E-state index contributed by atoms with van der Waals surface area (Å²) < 4.78 is 27.9. The monoisotopic (exact) mass is 630 g/mol. The normalized spacial score (nSPS) is 15.6. The van der Waals surface area contributed by atoms with Crippen molar-refractivity contribution in [3.05, 3.63) is 118 Å². The van der Waals surface area contributed by atoms with Gasteiger partial charge in [0, 0.05) is 11.6 Å². The SMILES string of the molecule is CCOC(=O)C1=C(c2ccccc2)N=c2s/c(=C/c3cc(Br)c(Br)o3)c(=O)n2[C@H]1c1ccc(F)cc1. The van der Waals surface area contributed by atoms with Crippen LogP contribution >= 0.6 is 43.2 Å². The number of hydrogen-bond donors (Lipinski definition) is 0. The molecule has 10 heteroatoms. The fourth-order valence-electron chi connectivity index (χ4n) is 3.96. The molecule has 0 spiro atoms. The van der Waals surface area contributed by atoms with Crippen molar-refractivity contribution in [2.24, 2.45) is 4.99 Å². The van der Waals surface area contributed by atoms with Crippen molar-refractivity contribution in [3.8, 4) is 0 Å². The van der Waals surface area contributed by atoms with Gasteiger partial charge in [0.25, 0.3) is 5.56 Å². The number of halogens is 3. The van der Waals surface area contributed by atoms with E-state index in [4.69, 9.17) is 14.1 Å². The molecule has 182 valence electrons. The molecular formula is C26H17Br2FN2O4S. The third-order valence-corrected chi connectivity index (χ3v) is 8.19. The number of rotatable bonds is 5. The third kappa shape index (κ3) is 4.56. The Bertz CT molecular complexity index is 1650. The zero-order valence-electron chi connectivity index (χ0n) is 18.7. The fourth-order valence-corrected chi connectivity index (χ4v) is 5.55. The highest BCUT2D eigenvalue weighted by Crippen LogP contribution is 2.35. The van der Waals surface area contributed by atoms with Crippen LogP contribution in [0.3, 0.4) is 0 Å². The molecule has 0 radical (unpaired) electrons. The van der Waals surface area contributed by atoms with Gasteiger partial charge in [-0.1, -0.05) is 53.8 Å². The first kappa shape index (κ1) is 24.6. The van der Waals surface area contributed by atoms with Crippen LogP contribution in [0.25, 0.3) is 11.8 Å². The highest BCUT2D eigenvalue weighted by Gasteiger charge is 2.35. The van der Waals surface area contributed by atoms with Gasteiger partial charge in [-0.05, 0) is 62.5 Å². The second kappa shape index (κ2) is 10.1. The number of aromatic nitrogens is 1. The van der Waals surface area contributed by atoms with E-state index in [-0.39, 0.29) is 17.7 Å². The molecule has 2 aromatic carbocycles. The van der Waals surface area contributed by atoms with Crippen LogP contribution in [0.15, 0.2) is 89.6 Å². The molecule has 0 amide bonds. The number of thiazole rings is 1. The molecule has 0 saturated carbocycles. The second-order valence-electron chi connectivity index (χ2n) is 7.75. The van der Waals surface area contributed by atoms with Gasteiger partial charge in [-0.15, -0.1) is 0 Å². The smallest absolute Gasteiger partial charge is 0.338 e. The highest BCUT2D eigenvalue weighted by molar-refractivity contribution is 9.13. The minimum Gasteiger partial charge on any atom is -0.463 e. The average Bonchev–Trinajstić information content (AvgIpc) is 3.36. The minimum absolute atomic E-state index is 0.146. The van der Waals surface area contributed by atoms with Crippen molar-refractivity contribution in [3.63, 3.8) is 0 Å². The summed E-state index contributed by atoms with van der Waals surface area (Å²) in [5.41, 5.74) is 1.51. The molecule has 0 fully saturated rings. The molecule has 0 bridgehead atoms. The zero-order valence-corrected chi connectivity index (χ0v) is 22.7. The highest BCUT2D eigenvalue weighted by atomic mass is 79.9. The molecule has 4 aromatic rings. The number of esters is 1. The number of furan rings is 1. The summed E-state index contributed by atoms with van der Waals surface area (Å²) in [5.74, 6) is -0.557. The lowest BCUT2D eigenvalue weighted by atomic mass is 9.93.